The zero-order valence-corrected chi connectivity index (χ0v) is 17.3. The molecule has 5 heteroatoms. The molecule has 2 aliphatic rings. The minimum Gasteiger partial charge on any atom is -0.381 e. The standard InChI is InChI=1S/C25H30N2O3/c28-24(21-11-5-2-6-12-21)22-16-27(15-19-8-3-1-4-9-19)17-23(22)25(29)26-14-20-10-7-13-30-18-20/h1-6,8-9,11-12,20,22-23H,7,10,13-18H2,(H,26,29)/t20-,22-,23-/m0/s1. The van der Waals surface area contributed by atoms with Gasteiger partial charge in [0.1, 0.15) is 0 Å². The van der Waals surface area contributed by atoms with Crippen LogP contribution in [0.25, 0.3) is 0 Å². The lowest BCUT2D eigenvalue weighted by atomic mass is 9.87. The first kappa shape index (κ1) is 20.8. The van der Waals surface area contributed by atoms with Gasteiger partial charge in [0.2, 0.25) is 5.91 Å². The lowest BCUT2D eigenvalue weighted by Gasteiger charge is -2.24. The number of hydrogen-bond donors (Lipinski definition) is 1. The van der Waals surface area contributed by atoms with Gasteiger partial charge in [0.15, 0.2) is 5.78 Å². The smallest absolute Gasteiger partial charge is 0.225 e. The first-order chi connectivity index (χ1) is 14.7. The molecule has 0 radical (unpaired) electrons. The van der Waals surface area contributed by atoms with Gasteiger partial charge in [-0.25, -0.2) is 0 Å². The van der Waals surface area contributed by atoms with Crippen LogP contribution in [-0.4, -0.2) is 49.4 Å². The molecule has 0 bridgehead atoms. The molecule has 3 atom stereocenters. The van der Waals surface area contributed by atoms with Crippen LogP contribution in [0, 0.1) is 17.8 Å². The van der Waals surface area contributed by atoms with Crippen LogP contribution in [0.1, 0.15) is 28.8 Å². The Morgan fingerprint density at radius 1 is 0.967 bits per heavy atom. The van der Waals surface area contributed by atoms with Crippen molar-refractivity contribution in [2.24, 2.45) is 17.8 Å². The molecule has 0 spiro atoms. The molecular formula is C25H30N2O3. The fraction of sp³-hybridized carbons (Fsp3) is 0.440. The molecule has 0 aliphatic carbocycles. The van der Waals surface area contributed by atoms with Crippen LogP contribution in [0.2, 0.25) is 0 Å². The molecule has 5 nitrogen and oxygen atoms in total. The minimum atomic E-state index is -0.328. The summed E-state index contributed by atoms with van der Waals surface area (Å²) in [5, 5.41) is 3.12. The van der Waals surface area contributed by atoms with E-state index < -0.39 is 0 Å². The summed E-state index contributed by atoms with van der Waals surface area (Å²) in [6.07, 6.45) is 2.13. The van der Waals surface area contributed by atoms with E-state index >= 15 is 0 Å². The zero-order chi connectivity index (χ0) is 20.8. The molecule has 2 aromatic rings. The molecule has 0 aromatic heterocycles. The summed E-state index contributed by atoms with van der Waals surface area (Å²) in [4.78, 5) is 28.6. The van der Waals surface area contributed by atoms with E-state index in [-0.39, 0.29) is 23.5 Å². The molecule has 4 rings (SSSR count). The molecule has 158 valence electrons. The van der Waals surface area contributed by atoms with Gasteiger partial charge in [-0.1, -0.05) is 60.7 Å². The second-order valence-electron chi connectivity index (χ2n) is 8.45. The highest BCUT2D eigenvalue weighted by Gasteiger charge is 2.41. The number of ketones is 1. The number of likely N-dealkylation sites (tertiary alicyclic amines) is 1. The van der Waals surface area contributed by atoms with Crippen molar-refractivity contribution < 1.29 is 14.3 Å². The van der Waals surface area contributed by atoms with Gasteiger partial charge in [0.25, 0.3) is 0 Å². The third-order valence-electron chi connectivity index (χ3n) is 6.20. The molecule has 30 heavy (non-hydrogen) atoms. The lowest BCUT2D eigenvalue weighted by Crippen LogP contribution is -2.40. The number of carbonyl (C=O) groups excluding carboxylic acids is 2. The largest absolute Gasteiger partial charge is 0.381 e. The van der Waals surface area contributed by atoms with Crippen molar-refractivity contribution in [1.29, 1.82) is 0 Å². The van der Waals surface area contributed by atoms with Crippen LogP contribution in [0.3, 0.4) is 0 Å². The van der Waals surface area contributed by atoms with E-state index in [2.05, 4.69) is 22.3 Å². The van der Waals surface area contributed by atoms with E-state index in [0.29, 0.717) is 37.7 Å². The molecule has 2 heterocycles. The number of amides is 1. The predicted molar refractivity (Wildman–Crippen MR) is 116 cm³/mol. The van der Waals surface area contributed by atoms with E-state index in [1.54, 1.807) is 0 Å². The van der Waals surface area contributed by atoms with Gasteiger partial charge in [-0.15, -0.1) is 0 Å². The van der Waals surface area contributed by atoms with Crippen LogP contribution in [0.15, 0.2) is 60.7 Å². The summed E-state index contributed by atoms with van der Waals surface area (Å²) in [6, 6.07) is 19.6. The maximum Gasteiger partial charge on any atom is 0.225 e. The Morgan fingerprint density at radius 3 is 2.37 bits per heavy atom. The number of carbonyl (C=O) groups is 2. The van der Waals surface area contributed by atoms with Gasteiger partial charge in [-0.2, -0.15) is 0 Å². The summed E-state index contributed by atoms with van der Waals surface area (Å²) in [5.41, 5.74) is 1.88. The van der Waals surface area contributed by atoms with Gasteiger partial charge in [-0.05, 0) is 24.3 Å². The predicted octanol–water partition coefficient (Wildman–Crippen LogP) is 3.16. The fourth-order valence-corrected chi connectivity index (χ4v) is 4.55. The molecule has 2 aromatic carbocycles. The van der Waals surface area contributed by atoms with Gasteiger partial charge in [0, 0.05) is 44.3 Å². The van der Waals surface area contributed by atoms with Crippen molar-refractivity contribution in [2.75, 3.05) is 32.8 Å². The third-order valence-corrected chi connectivity index (χ3v) is 6.20. The highest BCUT2D eigenvalue weighted by molar-refractivity contribution is 6.01. The quantitative estimate of drug-likeness (QED) is 0.718. The second-order valence-corrected chi connectivity index (χ2v) is 8.45. The van der Waals surface area contributed by atoms with E-state index in [9.17, 15) is 9.59 Å². The summed E-state index contributed by atoms with van der Waals surface area (Å²) in [5.74, 6) is -0.227. The maximum atomic E-state index is 13.2. The molecule has 1 N–H and O–H groups in total. The van der Waals surface area contributed by atoms with Crippen LogP contribution < -0.4 is 5.32 Å². The number of rotatable bonds is 7. The van der Waals surface area contributed by atoms with Crippen molar-refractivity contribution in [1.82, 2.24) is 10.2 Å². The molecular weight excluding hydrogens is 376 g/mol. The normalized spacial score (nSPS) is 24.5. The summed E-state index contributed by atoms with van der Waals surface area (Å²) in [6.45, 7) is 4.10. The van der Waals surface area contributed by atoms with Gasteiger partial charge < -0.3 is 10.1 Å². The average Bonchev–Trinajstić information content (AvgIpc) is 3.22. The molecule has 2 saturated heterocycles. The summed E-state index contributed by atoms with van der Waals surface area (Å²) >= 11 is 0. The van der Waals surface area contributed by atoms with Crippen molar-refractivity contribution >= 4 is 11.7 Å². The highest BCUT2D eigenvalue weighted by atomic mass is 16.5. The SMILES string of the molecule is O=C(NC[C@@H]1CCCOC1)[C@H]1CN(Cc2ccccc2)C[C@@H]1C(=O)c1ccccc1. The fourth-order valence-electron chi connectivity index (χ4n) is 4.55. The Morgan fingerprint density at radius 2 is 1.67 bits per heavy atom. The van der Waals surface area contributed by atoms with E-state index in [1.165, 1.54) is 5.56 Å². The van der Waals surface area contributed by atoms with Crippen molar-refractivity contribution in [3.63, 3.8) is 0 Å². The topological polar surface area (TPSA) is 58.6 Å². The first-order valence-corrected chi connectivity index (χ1v) is 10.9. The monoisotopic (exact) mass is 406 g/mol. The summed E-state index contributed by atoms with van der Waals surface area (Å²) in [7, 11) is 0. The average molecular weight is 407 g/mol. The van der Waals surface area contributed by atoms with E-state index in [1.807, 2.05) is 48.5 Å². The Bertz CT molecular complexity index is 834. The van der Waals surface area contributed by atoms with Crippen LogP contribution in [0.5, 0.6) is 0 Å². The van der Waals surface area contributed by atoms with E-state index in [4.69, 9.17) is 4.74 Å². The van der Waals surface area contributed by atoms with Crippen LogP contribution in [0.4, 0.5) is 0 Å². The number of ether oxygens (including phenoxy) is 1. The summed E-state index contributed by atoms with van der Waals surface area (Å²) < 4.78 is 5.53. The zero-order valence-electron chi connectivity index (χ0n) is 17.3. The molecule has 0 unspecified atom stereocenters. The number of nitrogens with zero attached hydrogens (tertiary/aromatic N) is 1. The molecule has 0 saturated carbocycles. The van der Waals surface area contributed by atoms with Gasteiger partial charge >= 0.3 is 0 Å². The second kappa shape index (κ2) is 10.0. The molecule has 1 amide bonds. The molecule has 2 aliphatic heterocycles. The van der Waals surface area contributed by atoms with E-state index in [0.717, 1.165) is 26.0 Å². The Hall–Kier alpha value is -2.50. The van der Waals surface area contributed by atoms with Crippen LogP contribution in [-0.2, 0) is 16.1 Å². The first-order valence-electron chi connectivity index (χ1n) is 10.9. The van der Waals surface area contributed by atoms with Crippen LogP contribution >= 0.6 is 0 Å². The number of nitrogens with one attached hydrogen (secondary N) is 1. The van der Waals surface area contributed by atoms with Gasteiger partial charge in [0.05, 0.1) is 12.5 Å². The van der Waals surface area contributed by atoms with Crippen molar-refractivity contribution in [2.45, 2.75) is 19.4 Å². The number of Topliss-reactive ketones (excluding diaryl/α,β-unsaturated/α-hetero) is 1. The number of benzene rings is 2. The maximum absolute atomic E-state index is 13.2. The Balaban J connectivity index is 1.45. The van der Waals surface area contributed by atoms with Crippen molar-refractivity contribution in [3.8, 4) is 0 Å². The highest BCUT2D eigenvalue weighted by Crippen LogP contribution is 2.29. The van der Waals surface area contributed by atoms with Crippen molar-refractivity contribution in [3.05, 3.63) is 71.8 Å². The molecule has 2 fully saturated rings. The Labute approximate surface area is 178 Å². The lowest BCUT2D eigenvalue weighted by molar-refractivity contribution is -0.125. The third kappa shape index (κ3) is 5.15. The minimum absolute atomic E-state index is 0.00887. The van der Waals surface area contributed by atoms with Gasteiger partial charge in [-0.3, -0.25) is 14.5 Å². The Kier molecular flexibility index (Phi) is 6.92. The number of hydrogen-bond acceptors (Lipinski definition) is 4.